The maximum absolute atomic E-state index is 13.9. The number of aromatic nitrogens is 3. The Morgan fingerprint density at radius 3 is 2.82 bits per heavy atom. The Morgan fingerprint density at radius 2 is 2.06 bits per heavy atom. The topological polar surface area (TPSA) is 124 Å². The first-order valence-electron chi connectivity index (χ1n) is 10.5. The van der Waals surface area contributed by atoms with Gasteiger partial charge in [-0.2, -0.15) is 0 Å². The van der Waals surface area contributed by atoms with Crippen LogP contribution in [0, 0.1) is 5.82 Å². The second kappa shape index (κ2) is 12.3. The van der Waals surface area contributed by atoms with Gasteiger partial charge in [-0.15, -0.1) is 0 Å². The molecular weight excluding hydrogens is 467 g/mol. The molecule has 0 aliphatic heterocycles. The number of rotatable bonds is 11. The van der Waals surface area contributed by atoms with Crippen molar-refractivity contribution in [1.29, 1.82) is 0 Å². The summed E-state index contributed by atoms with van der Waals surface area (Å²) in [6.45, 7) is 0.0697. The van der Waals surface area contributed by atoms with Crippen molar-refractivity contribution < 1.29 is 28.6 Å². The molecule has 9 nitrogen and oxygen atoms in total. The standard InChI is InChI=1S/C23H24ClFN4O5/c1-33-23(32)19(29-22(31)20-17(24)11-26-12-18(20)25)8-10-34-13-16(30)7-6-15-5-4-14-3-2-9-27-21(14)28-15/h2-5,9,11-12,16,19,30H,6-8,10,13H2,1H3,(H,29,31)/t16-,19?/m0/s1. The lowest BCUT2D eigenvalue weighted by atomic mass is 10.1. The van der Waals surface area contributed by atoms with Gasteiger partial charge in [-0.1, -0.05) is 11.6 Å². The van der Waals surface area contributed by atoms with Crippen LogP contribution in [0.2, 0.25) is 5.02 Å². The molecule has 0 bridgehead atoms. The first-order chi connectivity index (χ1) is 16.4. The number of hydrogen-bond acceptors (Lipinski definition) is 8. The van der Waals surface area contributed by atoms with Crippen LogP contribution in [0.3, 0.4) is 0 Å². The lowest BCUT2D eigenvalue weighted by Crippen LogP contribution is -2.42. The highest BCUT2D eigenvalue weighted by atomic mass is 35.5. The number of aryl methyl sites for hydroxylation is 1. The highest BCUT2D eigenvalue weighted by molar-refractivity contribution is 6.33. The fourth-order valence-corrected chi connectivity index (χ4v) is 3.43. The number of aliphatic hydroxyl groups excluding tert-OH is 1. The van der Waals surface area contributed by atoms with E-state index in [4.69, 9.17) is 21.1 Å². The predicted octanol–water partition coefficient (Wildman–Crippen LogP) is 2.49. The summed E-state index contributed by atoms with van der Waals surface area (Å²) in [6.07, 6.45) is 3.90. The second-order valence-electron chi connectivity index (χ2n) is 7.44. The number of nitrogens with zero attached hydrogens (tertiary/aromatic N) is 3. The Morgan fingerprint density at radius 1 is 1.24 bits per heavy atom. The van der Waals surface area contributed by atoms with Crippen LogP contribution >= 0.6 is 11.6 Å². The molecule has 34 heavy (non-hydrogen) atoms. The summed E-state index contributed by atoms with van der Waals surface area (Å²) in [5.41, 5.74) is 1.04. The van der Waals surface area contributed by atoms with Crippen molar-refractivity contribution in [3.05, 3.63) is 65.0 Å². The Balaban J connectivity index is 1.45. The first kappa shape index (κ1) is 25.4. The van der Waals surface area contributed by atoms with Gasteiger partial charge in [0.15, 0.2) is 11.5 Å². The van der Waals surface area contributed by atoms with Gasteiger partial charge in [-0.3, -0.25) is 9.78 Å². The number of ether oxygens (including phenoxy) is 2. The monoisotopic (exact) mass is 490 g/mol. The summed E-state index contributed by atoms with van der Waals surface area (Å²) in [7, 11) is 1.17. The van der Waals surface area contributed by atoms with Crippen molar-refractivity contribution in [2.24, 2.45) is 0 Å². The van der Waals surface area contributed by atoms with Crippen molar-refractivity contribution in [1.82, 2.24) is 20.3 Å². The number of nitrogens with one attached hydrogen (secondary N) is 1. The number of carbonyl (C=O) groups is 2. The molecule has 0 aliphatic carbocycles. The summed E-state index contributed by atoms with van der Waals surface area (Å²) in [6, 6.07) is 6.49. The Bertz CT molecular complexity index is 1130. The summed E-state index contributed by atoms with van der Waals surface area (Å²) >= 11 is 5.85. The van der Waals surface area contributed by atoms with Gasteiger partial charge >= 0.3 is 5.97 Å². The smallest absolute Gasteiger partial charge is 0.328 e. The van der Waals surface area contributed by atoms with Crippen LogP contribution in [0.15, 0.2) is 42.9 Å². The van der Waals surface area contributed by atoms with Crippen molar-refractivity contribution >= 4 is 34.5 Å². The zero-order valence-corrected chi connectivity index (χ0v) is 19.2. The number of hydrogen-bond donors (Lipinski definition) is 2. The lowest BCUT2D eigenvalue weighted by molar-refractivity contribution is -0.143. The minimum atomic E-state index is -1.09. The number of fused-ring (bicyclic) bond motifs is 1. The predicted molar refractivity (Wildman–Crippen MR) is 122 cm³/mol. The van der Waals surface area contributed by atoms with Crippen molar-refractivity contribution in [2.75, 3.05) is 20.3 Å². The normalized spacial score (nSPS) is 12.8. The van der Waals surface area contributed by atoms with Crippen LogP contribution in [0.4, 0.5) is 4.39 Å². The van der Waals surface area contributed by atoms with Crippen LogP contribution in [0.25, 0.3) is 11.0 Å². The molecule has 0 fully saturated rings. The van der Waals surface area contributed by atoms with E-state index in [9.17, 15) is 19.1 Å². The number of aliphatic hydroxyl groups is 1. The minimum absolute atomic E-state index is 0.0263. The molecule has 2 N–H and O–H groups in total. The average molecular weight is 491 g/mol. The quantitative estimate of drug-likeness (QED) is 0.310. The van der Waals surface area contributed by atoms with E-state index in [-0.39, 0.29) is 24.7 Å². The number of halogens is 2. The third-order valence-electron chi connectivity index (χ3n) is 4.99. The molecule has 1 unspecified atom stereocenters. The van der Waals surface area contributed by atoms with E-state index in [0.29, 0.717) is 18.5 Å². The number of methoxy groups -OCH3 is 1. The average Bonchev–Trinajstić information content (AvgIpc) is 2.83. The van der Waals surface area contributed by atoms with Gasteiger partial charge in [0.25, 0.3) is 5.91 Å². The fourth-order valence-electron chi connectivity index (χ4n) is 3.20. The van der Waals surface area contributed by atoms with Crippen LogP contribution in [-0.2, 0) is 20.7 Å². The fraction of sp³-hybridized carbons (Fsp3) is 0.348. The van der Waals surface area contributed by atoms with E-state index in [1.807, 2.05) is 24.3 Å². The first-order valence-corrected chi connectivity index (χ1v) is 10.9. The summed E-state index contributed by atoms with van der Waals surface area (Å²) in [5, 5.41) is 13.4. The molecule has 1 amide bonds. The lowest BCUT2D eigenvalue weighted by Gasteiger charge is -2.18. The summed E-state index contributed by atoms with van der Waals surface area (Å²) < 4.78 is 24.1. The van der Waals surface area contributed by atoms with Crippen molar-refractivity contribution in [2.45, 2.75) is 31.4 Å². The molecule has 0 aromatic carbocycles. The number of esters is 1. The van der Waals surface area contributed by atoms with Gasteiger partial charge in [0.2, 0.25) is 0 Å². The van der Waals surface area contributed by atoms with Gasteiger partial charge < -0.3 is 19.9 Å². The van der Waals surface area contributed by atoms with E-state index < -0.39 is 35.4 Å². The van der Waals surface area contributed by atoms with Gasteiger partial charge in [0.1, 0.15) is 6.04 Å². The third kappa shape index (κ3) is 6.89. The van der Waals surface area contributed by atoms with E-state index in [0.717, 1.165) is 23.5 Å². The zero-order valence-electron chi connectivity index (χ0n) is 18.4. The van der Waals surface area contributed by atoms with E-state index in [2.05, 4.69) is 20.3 Å². The van der Waals surface area contributed by atoms with E-state index >= 15 is 0 Å². The Kier molecular flexibility index (Phi) is 9.20. The second-order valence-corrected chi connectivity index (χ2v) is 7.84. The molecule has 3 rings (SSSR count). The van der Waals surface area contributed by atoms with Crippen molar-refractivity contribution in [3.8, 4) is 0 Å². The molecule has 2 atom stereocenters. The van der Waals surface area contributed by atoms with Crippen LogP contribution in [-0.4, -0.2) is 64.4 Å². The molecule has 180 valence electrons. The van der Waals surface area contributed by atoms with Gasteiger partial charge in [0.05, 0.1) is 36.6 Å². The van der Waals surface area contributed by atoms with Gasteiger partial charge in [-0.05, 0) is 37.1 Å². The van der Waals surface area contributed by atoms with Gasteiger partial charge in [0, 0.05) is 36.5 Å². The summed E-state index contributed by atoms with van der Waals surface area (Å²) in [5.74, 6) is -2.51. The maximum Gasteiger partial charge on any atom is 0.328 e. The zero-order chi connectivity index (χ0) is 24.5. The maximum atomic E-state index is 13.9. The molecule has 11 heteroatoms. The van der Waals surface area contributed by atoms with Crippen LogP contribution in [0.1, 0.15) is 28.9 Å². The third-order valence-corrected chi connectivity index (χ3v) is 5.27. The molecule has 3 aromatic heterocycles. The number of amides is 1. The molecule has 0 saturated carbocycles. The number of carbonyl (C=O) groups excluding carboxylic acids is 2. The molecule has 3 heterocycles. The molecule has 3 aromatic rings. The van der Waals surface area contributed by atoms with E-state index in [1.165, 1.54) is 7.11 Å². The largest absolute Gasteiger partial charge is 0.467 e. The number of pyridine rings is 3. The summed E-state index contributed by atoms with van der Waals surface area (Å²) in [4.78, 5) is 36.7. The highest BCUT2D eigenvalue weighted by Gasteiger charge is 2.25. The molecule has 0 radical (unpaired) electrons. The molecular formula is C23H24ClFN4O5. The SMILES string of the molecule is COC(=O)C(CCOC[C@@H](O)CCc1ccc2cccnc2n1)NC(=O)c1c(F)cncc1Cl. The molecule has 0 aliphatic rings. The Hall–Kier alpha value is -3.21. The molecule has 0 saturated heterocycles. The Labute approximate surface area is 200 Å². The van der Waals surface area contributed by atoms with Crippen molar-refractivity contribution in [3.63, 3.8) is 0 Å². The van der Waals surface area contributed by atoms with Crippen LogP contribution < -0.4 is 5.32 Å². The van der Waals surface area contributed by atoms with E-state index in [1.54, 1.807) is 6.20 Å². The molecule has 0 spiro atoms. The van der Waals surface area contributed by atoms with Crippen LogP contribution in [0.5, 0.6) is 0 Å². The van der Waals surface area contributed by atoms with Gasteiger partial charge in [-0.25, -0.2) is 19.2 Å². The highest BCUT2D eigenvalue weighted by Crippen LogP contribution is 2.17. The minimum Gasteiger partial charge on any atom is -0.467 e.